The molecule has 0 aromatic rings. The molecule has 0 saturated carbocycles. The van der Waals surface area contributed by atoms with Gasteiger partial charge in [-0.25, -0.2) is 0 Å². The summed E-state index contributed by atoms with van der Waals surface area (Å²) < 4.78 is 0. The molecule has 0 aromatic carbocycles. The Balaban J connectivity index is 3.07. The summed E-state index contributed by atoms with van der Waals surface area (Å²) >= 11 is 0. The van der Waals surface area contributed by atoms with Crippen LogP contribution in [0.2, 0.25) is 0 Å². The molecule has 10 nitrogen and oxygen atoms in total. The summed E-state index contributed by atoms with van der Waals surface area (Å²) in [5.41, 5.74) is 4.78. The first-order valence-corrected chi connectivity index (χ1v) is 5.31. The summed E-state index contributed by atoms with van der Waals surface area (Å²) in [6, 6.07) is 0. The molecule has 0 amide bonds. The second-order valence-electron chi connectivity index (χ2n) is 3.14. The van der Waals surface area contributed by atoms with Crippen LogP contribution >= 0.6 is 0 Å². The number of hydroxylamine groups is 2. The van der Waals surface area contributed by atoms with E-state index in [-0.39, 0.29) is 0 Å². The summed E-state index contributed by atoms with van der Waals surface area (Å²) in [5.74, 6) is 9.08. The fourth-order valence-corrected chi connectivity index (χ4v) is 1.02. The van der Waals surface area contributed by atoms with Crippen molar-refractivity contribution >= 4 is 12.3 Å². The van der Waals surface area contributed by atoms with Crippen LogP contribution in [-0.4, -0.2) is 25.4 Å². The van der Waals surface area contributed by atoms with Gasteiger partial charge in [0.2, 0.25) is 0 Å². The number of carbonyl (C=O) groups excluding carboxylic acids is 2. The molecule has 0 aliphatic carbocycles. The fraction of sp³-hybridized carbons (Fsp3) is 0.750. The molecule has 0 aromatic heterocycles. The Labute approximate surface area is 104 Å². The molecule has 0 aliphatic heterocycles. The Morgan fingerprint density at radius 1 is 0.778 bits per heavy atom. The standard InChI is InChI=1S/C8H18N4O6/c9-15-7(13)17-11-5-3-1-2-4-6-12-18-8(14)16-10/h11-12H,1-6,9-10H2. The molecule has 0 bridgehead atoms. The molecule has 0 spiro atoms. The normalized spacial score (nSPS) is 9.67. The Hall–Kier alpha value is -1.62. The van der Waals surface area contributed by atoms with Crippen molar-refractivity contribution in [3.8, 4) is 0 Å². The number of unbranched alkanes of at least 4 members (excludes halogenated alkanes) is 3. The van der Waals surface area contributed by atoms with Crippen LogP contribution in [-0.2, 0) is 19.4 Å². The Morgan fingerprint density at radius 2 is 1.17 bits per heavy atom. The molecule has 0 unspecified atom stereocenters. The molecule has 18 heavy (non-hydrogen) atoms. The van der Waals surface area contributed by atoms with Gasteiger partial charge in [-0.15, -0.1) is 11.0 Å². The van der Waals surface area contributed by atoms with Gasteiger partial charge in [-0.1, -0.05) is 12.8 Å². The lowest BCUT2D eigenvalue weighted by atomic mass is 10.2. The molecule has 0 aliphatic rings. The maximum atomic E-state index is 10.4. The summed E-state index contributed by atoms with van der Waals surface area (Å²) in [6.45, 7) is 0.997. The van der Waals surface area contributed by atoms with Crippen molar-refractivity contribution in [3.63, 3.8) is 0 Å². The second-order valence-corrected chi connectivity index (χ2v) is 3.14. The minimum Gasteiger partial charge on any atom is -0.340 e. The molecular weight excluding hydrogens is 248 g/mol. The molecule has 106 valence electrons. The van der Waals surface area contributed by atoms with Crippen molar-refractivity contribution in [1.82, 2.24) is 11.0 Å². The summed E-state index contributed by atoms with van der Waals surface area (Å²) in [5, 5.41) is 0. The Morgan fingerprint density at radius 3 is 1.50 bits per heavy atom. The molecule has 0 saturated heterocycles. The van der Waals surface area contributed by atoms with Crippen LogP contribution in [0.3, 0.4) is 0 Å². The van der Waals surface area contributed by atoms with E-state index in [1.165, 1.54) is 0 Å². The number of hydrogen-bond donors (Lipinski definition) is 4. The number of nitrogens with one attached hydrogen (secondary N) is 2. The molecule has 6 N–H and O–H groups in total. The Bertz CT molecular complexity index is 216. The van der Waals surface area contributed by atoms with Crippen LogP contribution < -0.4 is 22.8 Å². The van der Waals surface area contributed by atoms with Crippen molar-refractivity contribution in [2.75, 3.05) is 13.1 Å². The van der Waals surface area contributed by atoms with E-state index >= 15 is 0 Å². The van der Waals surface area contributed by atoms with Gasteiger partial charge in [-0.05, 0) is 12.8 Å². The van der Waals surface area contributed by atoms with Gasteiger partial charge in [0.25, 0.3) is 0 Å². The first-order chi connectivity index (χ1) is 8.70. The maximum Gasteiger partial charge on any atom is 0.547 e. The highest BCUT2D eigenvalue weighted by Crippen LogP contribution is 1.97. The van der Waals surface area contributed by atoms with E-state index in [2.05, 4.69) is 42.1 Å². The lowest BCUT2D eigenvalue weighted by molar-refractivity contribution is 0.0141. The van der Waals surface area contributed by atoms with E-state index in [9.17, 15) is 9.59 Å². The molecule has 0 fully saturated rings. The highest BCUT2D eigenvalue weighted by atomic mass is 16.8. The molecule has 10 heteroatoms. The zero-order chi connectivity index (χ0) is 13.6. The first kappa shape index (κ1) is 16.4. The zero-order valence-electron chi connectivity index (χ0n) is 9.85. The lowest BCUT2D eigenvalue weighted by Crippen LogP contribution is -2.24. The highest BCUT2D eigenvalue weighted by Gasteiger charge is 2.00. The Kier molecular flexibility index (Phi) is 10.8. The quantitative estimate of drug-likeness (QED) is 0.321. The highest BCUT2D eigenvalue weighted by molar-refractivity contribution is 5.59. The van der Waals surface area contributed by atoms with E-state index in [0.717, 1.165) is 25.7 Å². The molecular formula is C8H18N4O6. The SMILES string of the molecule is NOC(=O)ONCCCCCCNOC(=O)ON. The average molecular weight is 266 g/mol. The smallest absolute Gasteiger partial charge is 0.340 e. The number of rotatable bonds is 9. The minimum absolute atomic E-state index is 0.499. The van der Waals surface area contributed by atoms with Gasteiger partial charge < -0.3 is 19.4 Å². The van der Waals surface area contributed by atoms with Gasteiger partial charge in [-0.3, -0.25) is 0 Å². The topological polar surface area (TPSA) is 147 Å². The molecule has 0 heterocycles. The van der Waals surface area contributed by atoms with Crippen molar-refractivity contribution in [3.05, 3.63) is 0 Å². The van der Waals surface area contributed by atoms with Gasteiger partial charge in [0.05, 0.1) is 0 Å². The van der Waals surface area contributed by atoms with E-state index in [1.807, 2.05) is 0 Å². The third-order valence-electron chi connectivity index (χ3n) is 1.81. The van der Waals surface area contributed by atoms with Crippen molar-refractivity contribution in [1.29, 1.82) is 0 Å². The van der Waals surface area contributed by atoms with E-state index in [0.29, 0.717) is 13.1 Å². The maximum absolute atomic E-state index is 10.4. The molecule has 0 atom stereocenters. The van der Waals surface area contributed by atoms with Crippen LogP contribution in [0.15, 0.2) is 0 Å². The lowest BCUT2D eigenvalue weighted by Gasteiger charge is -2.05. The zero-order valence-corrected chi connectivity index (χ0v) is 9.85. The van der Waals surface area contributed by atoms with Crippen molar-refractivity contribution in [2.45, 2.75) is 25.7 Å². The number of carbonyl (C=O) groups is 2. The third kappa shape index (κ3) is 10.9. The monoisotopic (exact) mass is 266 g/mol. The van der Waals surface area contributed by atoms with Gasteiger partial charge in [0.1, 0.15) is 0 Å². The van der Waals surface area contributed by atoms with E-state index < -0.39 is 12.3 Å². The van der Waals surface area contributed by atoms with Crippen LogP contribution in [0.5, 0.6) is 0 Å². The van der Waals surface area contributed by atoms with Gasteiger partial charge >= 0.3 is 12.3 Å². The number of nitrogens with two attached hydrogens (primary N) is 2. The van der Waals surface area contributed by atoms with Gasteiger partial charge in [0, 0.05) is 13.1 Å². The summed E-state index contributed by atoms with van der Waals surface area (Å²) in [4.78, 5) is 37.0. The van der Waals surface area contributed by atoms with Crippen LogP contribution in [0.25, 0.3) is 0 Å². The largest absolute Gasteiger partial charge is 0.547 e. The predicted octanol–water partition coefficient (Wildman–Crippen LogP) is -0.390. The van der Waals surface area contributed by atoms with Crippen LogP contribution in [0, 0.1) is 0 Å². The van der Waals surface area contributed by atoms with E-state index in [1.54, 1.807) is 0 Å². The second kappa shape index (κ2) is 11.9. The summed E-state index contributed by atoms with van der Waals surface area (Å²) in [6.07, 6.45) is 1.48. The van der Waals surface area contributed by atoms with E-state index in [4.69, 9.17) is 0 Å². The first-order valence-electron chi connectivity index (χ1n) is 5.31. The molecule has 0 radical (unpaired) electrons. The van der Waals surface area contributed by atoms with Crippen molar-refractivity contribution in [2.24, 2.45) is 11.8 Å². The average Bonchev–Trinajstić information content (AvgIpc) is 2.40. The van der Waals surface area contributed by atoms with Crippen LogP contribution in [0.1, 0.15) is 25.7 Å². The summed E-state index contributed by atoms with van der Waals surface area (Å²) in [7, 11) is 0. The number of hydrogen-bond acceptors (Lipinski definition) is 10. The van der Waals surface area contributed by atoms with Gasteiger partial charge in [-0.2, -0.15) is 21.4 Å². The fourth-order valence-electron chi connectivity index (χ4n) is 1.02. The third-order valence-corrected chi connectivity index (χ3v) is 1.81. The molecule has 0 rings (SSSR count). The van der Waals surface area contributed by atoms with Crippen molar-refractivity contribution < 1.29 is 28.9 Å². The van der Waals surface area contributed by atoms with Gasteiger partial charge in [0.15, 0.2) is 0 Å². The predicted molar refractivity (Wildman–Crippen MR) is 58.0 cm³/mol. The minimum atomic E-state index is -0.983. The van der Waals surface area contributed by atoms with Crippen LogP contribution in [0.4, 0.5) is 9.59 Å².